The quantitative estimate of drug-likeness (QED) is 0.564. The summed E-state index contributed by atoms with van der Waals surface area (Å²) in [6, 6.07) is 0. The Morgan fingerprint density at radius 1 is 1.60 bits per heavy atom. The summed E-state index contributed by atoms with van der Waals surface area (Å²) in [5, 5.41) is 0. The topological polar surface area (TPSA) is 37.4 Å². The molecule has 0 radical (unpaired) electrons. The molecule has 0 heterocycles. The van der Waals surface area contributed by atoms with E-state index in [-0.39, 0.29) is 5.75 Å². The standard InChI is InChI=1S/C6H13NO2S/c1-4-6-10(8,9)7(3)5-2/h4H,1,5-6H2,2-3H3. The number of hydrogen-bond donors (Lipinski definition) is 0. The van der Waals surface area contributed by atoms with Crippen molar-refractivity contribution in [3.63, 3.8) is 0 Å². The second-order valence-corrected chi connectivity index (χ2v) is 4.10. The molecule has 0 amide bonds. The minimum atomic E-state index is -3.05. The molecule has 0 atom stereocenters. The van der Waals surface area contributed by atoms with Crippen LogP contribution in [0.15, 0.2) is 12.7 Å². The van der Waals surface area contributed by atoms with E-state index in [2.05, 4.69) is 6.58 Å². The average molecular weight is 163 g/mol. The molecule has 0 bridgehead atoms. The zero-order valence-electron chi connectivity index (χ0n) is 6.37. The van der Waals surface area contributed by atoms with Crippen LogP contribution in [0.1, 0.15) is 6.92 Å². The Hall–Kier alpha value is -0.350. The zero-order valence-corrected chi connectivity index (χ0v) is 7.19. The Balaban J connectivity index is 4.25. The summed E-state index contributed by atoms with van der Waals surface area (Å²) in [5.41, 5.74) is 0. The van der Waals surface area contributed by atoms with Crippen molar-refractivity contribution in [1.82, 2.24) is 4.31 Å². The molecule has 0 aromatic heterocycles. The lowest BCUT2D eigenvalue weighted by Gasteiger charge is -2.12. The van der Waals surface area contributed by atoms with E-state index in [9.17, 15) is 8.42 Å². The van der Waals surface area contributed by atoms with Crippen LogP contribution in [0.5, 0.6) is 0 Å². The largest absolute Gasteiger partial charge is 0.217 e. The van der Waals surface area contributed by atoms with Gasteiger partial charge >= 0.3 is 0 Å². The molecule has 4 heteroatoms. The van der Waals surface area contributed by atoms with Gasteiger partial charge in [-0.25, -0.2) is 12.7 Å². The molecule has 0 saturated heterocycles. The lowest BCUT2D eigenvalue weighted by atomic mass is 10.8. The number of rotatable bonds is 4. The maximum absolute atomic E-state index is 11.0. The Morgan fingerprint density at radius 2 is 2.10 bits per heavy atom. The third-order valence-electron chi connectivity index (χ3n) is 1.25. The van der Waals surface area contributed by atoms with Crippen molar-refractivity contribution < 1.29 is 8.42 Å². The van der Waals surface area contributed by atoms with E-state index < -0.39 is 10.0 Å². The first-order valence-electron chi connectivity index (χ1n) is 3.09. The molecular formula is C6H13NO2S. The highest BCUT2D eigenvalue weighted by Crippen LogP contribution is 1.96. The summed E-state index contributed by atoms with van der Waals surface area (Å²) < 4.78 is 23.3. The summed E-state index contributed by atoms with van der Waals surface area (Å²) in [4.78, 5) is 0. The SMILES string of the molecule is C=CCS(=O)(=O)N(C)CC. The minimum Gasteiger partial charge on any atom is -0.212 e. The lowest BCUT2D eigenvalue weighted by Crippen LogP contribution is -2.28. The van der Waals surface area contributed by atoms with Gasteiger partial charge in [0.25, 0.3) is 0 Å². The van der Waals surface area contributed by atoms with Gasteiger partial charge in [-0.1, -0.05) is 13.0 Å². The van der Waals surface area contributed by atoms with Crippen molar-refractivity contribution in [2.45, 2.75) is 6.92 Å². The highest BCUT2D eigenvalue weighted by molar-refractivity contribution is 7.89. The second kappa shape index (κ2) is 3.73. The van der Waals surface area contributed by atoms with Crippen LogP contribution in [0.2, 0.25) is 0 Å². The van der Waals surface area contributed by atoms with Crippen LogP contribution in [0.4, 0.5) is 0 Å². The molecule has 0 unspecified atom stereocenters. The fraction of sp³-hybridized carbons (Fsp3) is 0.667. The fourth-order valence-corrected chi connectivity index (χ4v) is 1.42. The molecule has 0 aromatic carbocycles. The first-order valence-corrected chi connectivity index (χ1v) is 4.70. The monoisotopic (exact) mass is 163 g/mol. The van der Waals surface area contributed by atoms with Crippen molar-refractivity contribution in [2.75, 3.05) is 19.3 Å². The van der Waals surface area contributed by atoms with Gasteiger partial charge in [0, 0.05) is 13.6 Å². The predicted octanol–water partition coefficient (Wildman–Crippen LogP) is 0.454. The third-order valence-corrected chi connectivity index (χ3v) is 3.11. The van der Waals surface area contributed by atoms with Crippen molar-refractivity contribution in [1.29, 1.82) is 0 Å². The Bertz CT molecular complexity index is 196. The van der Waals surface area contributed by atoms with Gasteiger partial charge in [0.2, 0.25) is 10.0 Å². The van der Waals surface area contributed by atoms with Crippen LogP contribution in [-0.2, 0) is 10.0 Å². The van der Waals surface area contributed by atoms with Crippen molar-refractivity contribution in [3.8, 4) is 0 Å². The lowest BCUT2D eigenvalue weighted by molar-refractivity contribution is 0.489. The molecule has 0 aromatic rings. The second-order valence-electron chi connectivity index (χ2n) is 1.98. The van der Waals surface area contributed by atoms with Crippen LogP contribution in [-0.4, -0.2) is 32.1 Å². The van der Waals surface area contributed by atoms with Crippen LogP contribution in [0, 0.1) is 0 Å². The van der Waals surface area contributed by atoms with Crippen LogP contribution in [0.3, 0.4) is 0 Å². The molecule has 0 rings (SSSR count). The zero-order chi connectivity index (χ0) is 8.20. The van der Waals surface area contributed by atoms with E-state index in [4.69, 9.17) is 0 Å². The smallest absolute Gasteiger partial charge is 0.212 e. The summed E-state index contributed by atoms with van der Waals surface area (Å²) >= 11 is 0. The minimum absolute atomic E-state index is 0.0251. The summed E-state index contributed by atoms with van der Waals surface area (Å²) in [6.07, 6.45) is 1.39. The van der Waals surface area contributed by atoms with Crippen LogP contribution >= 0.6 is 0 Å². The molecule has 0 aliphatic carbocycles. The van der Waals surface area contributed by atoms with E-state index in [1.165, 1.54) is 10.4 Å². The molecule has 0 saturated carbocycles. The summed E-state index contributed by atoms with van der Waals surface area (Å²) in [7, 11) is -1.49. The van der Waals surface area contributed by atoms with Gasteiger partial charge in [-0.3, -0.25) is 0 Å². The van der Waals surface area contributed by atoms with Gasteiger partial charge in [-0.15, -0.1) is 6.58 Å². The van der Waals surface area contributed by atoms with Gasteiger partial charge in [0.15, 0.2) is 0 Å². The summed E-state index contributed by atoms with van der Waals surface area (Å²) in [6.45, 7) is 5.66. The van der Waals surface area contributed by atoms with Crippen LogP contribution < -0.4 is 0 Å². The first-order chi connectivity index (χ1) is 4.54. The third kappa shape index (κ3) is 2.49. The molecular weight excluding hydrogens is 150 g/mol. The molecule has 60 valence electrons. The van der Waals surface area contributed by atoms with Gasteiger partial charge in [-0.05, 0) is 0 Å². The van der Waals surface area contributed by atoms with E-state index in [0.717, 1.165) is 0 Å². The predicted molar refractivity (Wildman–Crippen MR) is 42.3 cm³/mol. The highest BCUT2D eigenvalue weighted by Gasteiger charge is 2.12. The Morgan fingerprint density at radius 3 is 2.40 bits per heavy atom. The first kappa shape index (κ1) is 9.65. The van der Waals surface area contributed by atoms with Gasteiger partial charge < -0.3 is 0 Å². The Kier molecular flexibility index (Phi) is 3.60. The molecule has 0 spiro atoms. The van der Waals surface area contributed by atoms with Crippen molar-refractivity contribution in [3.05, 3.63) is 12.7 Å². The number of nitrogens with zero attached hydrogens (tertiary/aromatic N) is 1. The Labute approximate surface area is 62.4 Å². The molecule has 10 heavy (non-hydrogen) atoms. The van der Waals surface area contributed by atoms with E-state index in [0.29, 0.717) is 6.54 Å². The maximum atomic E-state index is 11.0. The van der Waals surface area contributed by atoms with Gasteiger partial charge in [-0.2, -0.15) is 0 Å². The molecule has 0 N–H and O–H groups in total. The summed E-state index contributed by atoms with van der Waals surface area (Å²) in [5.74, 6) is 0.0251. The van der Waals surface area contributed by atoms with Gasteiger partial charge in [0.1, 0.15) is 0 Å². The van der Waals surface area contributed by atoms with E-state index in [1.54, 1.807) is 14.0 Å². The van der Waals surface area contributed by atoms with Crippen molar-refractivity contribution in [2.24, 2.45) is 0 Å². The number of hydrogen-bond acceptors (Lipinski definition) is 2. The highest BCUT2D eigenvalue weighted by atomic mass is 32.2. The molecule has 0 aliphatic heterocycles. The van der Waals surface area contributed by atoms with Gasteiger partial charge in [0.05, 0.1) is 5.75 Å². The number of sulfonamides is 1. The fourth-order valence-electron chi connectivity index (χ4n) is 0.473. The molecule has 0 fully saturated rings. The molecule has 0 aliphatic rings. The van der Waals surface area contributed by atoms with E-state index >= 15 is 0 Å². The molecule has 3 nitrogen and oxygen atoms in total. The maximum Gasteiger partial charge on any atom is 0.217 e. The van der Waals surface area contributed by atoms with E-state index in [1.807, 2.05) is 0 Å². The van der Waals surface area contributed by atoms with Crippen molar-refractivity contribution >= 4 is 10.0 Å². The average Bonchev–Trinajstić information content (AvgIpc) is 1.86. The normalized spacial score (nSPS) is 11.9. The van der Waals surface area contributed by atoms with Crippen LogP contribution in [0.25, 0.3) is 0 Å².